The van der Waals surface area contributed by atoms with Crippen molar-refractivity contribution in [2.24, 2.45) is 17.8 Å². The van der Waals surface area contributed by atoms with Crippen LogP contribution in [0.1, 0.15) is 46.5 Å². The summed E-state index contributed by atoms with van der Waals surface area (Å²) in [5.74, 6) is 2.03. The van der Waals surface area contributed by atoms with Gasteiger partial charge in [-0.25, -0.2) is 0 Å². The van der Waals surface area contributed by atoms with Crippen molar-refractivity contribution in [3.8, 4) is 0 Å². The van der Waals surface area contributed by atoms with Crippen LogP contribution in [0.3, 0.4) is 0 Å². The van der Waals surface area contributed by atoms with Crippen LogP contribution in [0.2, 0.25) is 0 Å². The second-order valence-electron chi connectivity index (χ2n) is 6.41. The lowest BCUT2D eigenvalue weighted by molar-refractivity contribution is -0.122. The van der Waals surface area contributed by atoms with Gasteiger partial charge in [0.1, 0.15) is 0 Å². The number of amides is 1. The van der Waals surface area contributed by atoms with E-state index in [-0.39, 0.29) is 18.3 Å². The van der Waals surface area contributed by atoms with Gasteiger partial charge >= 0.3 is 0 Å². The lowest BCUT2D eigenvalue weighted by atomic mass is 9.84. The average molecular weight is 321 g/mol. The Labute approximate surface area is 136 Å². The van der Waals surface area contributed by atoms with Crippen LogP contribution in [0.25, 0.3) is 0 Å². The van der Waals surface area contributed by atoms with E-state index in [2.05, 4.69) is 31.4 Å². The largest absolute Gasteiger partial charge is 0.380 e. The highest BCUT2D eigenvalue weighted by molar-refractivity contribution is 5.85. The van der Waals surface area contributed by atoms with Gasteiger partial charge in [-0.15, -0.1) is 12.4 Å². The molecule has 1 atom stereocenters. The van der Waals surface area contributed by atoms with Crippen molar-refractivity contribution in [2.75, 3.05) is 32.8 Å². The molecule has 1 amide bonds. The molecule has 1 aliphatic heterocycles. The molecule has 1 unspecified atom stereocenters. The molecule has 0 aromatic carbocycles. The summed E-state index contributed by atoms with van der Waals surface area (Å²) in [5, 5.41) is 6.33. The molecule has 1 rings (SSSR count). The van der Waals surface area contributed by atoms with Gasteiger partial charge in [0.15, 0.2) is 0 Å². The third kappa shape index (κ3) is 10.1. The molecule has 0 aromatic heterocycles. The average Bonchev–Trinajstić information content (AvgIpc) is 2.43. The fourth-order valence-electron chi connectivity index (χ4n) is 2.63. The standard InChI is InChI=1S/C16H32N2O2.ClH/c1-13(2)6-10-20-11-9-18-16(19)12-14(3)15-4-7-17-8-5-15;/h13-15,17H,4-12H2,1-3H3,(H,18,19);1H. The van der Waals surface area contributed by atoms with Gasteiger partial charge in [-0.1, -0.05) is 20.8 Å². The Morgan fingerprint density at radius 3 is 2.52 bits per heavy atom. The zero-order chi connectivity index (χ0) is 14.8. The van der Waals surface area contributed by atoms with Crippen LogP contribution in [0.15, 0.2) is 0 Å². The highest BCUT2D eigenvalue weighted by Gasteiger charge is 2.21. The van der Waals surface area contributed by atoms with Gasteiger partial charge < -0.3 is 15.4 Å². The number of hydrogen-bond acceptors (Lipinski definition) is 3. The second kappa shape index (κ2) is 12.2. The van der Waals surface area contributed by atoms with Crippen molar-refractivity contribution >= 4 is 18.3 Å². The van der Waals surface area contributed by atoms with Gasteiger partial charge in [-0.2, -0.15) is 0 Å². The Balaban J connectivity index is 0.00000400. The minimum Gasteiger partial charge on any atom is -0.380 e. The van der Waals surface area contributed by atoms with Crippen LogP contribution in [-0.4, -0.2) is 38.8 Å². The topological polar surface area (TPSA) is 50.4 Å². The number of halogens is 1. The molecule has 4 nitrogen and oxygen atoms in total. The zero-order valence-electron chi connectivity index (χ0n) is 13.8. The van der Waals surface area contributed by atoms with Crippen molar-refractivity contribution in [3.63, 3.8) is 0 Å². The summed E-state index contributed by atoms with van der Waals surface area (Å²) in [5.41, 5.74) is 0. The number of nitrogens with one attached hydrogen (secondary N) is 2. The molecule has 0 aliphatic carbocycles. The molecule has 0 saturated carbocycles. The Kier molecular flexibility index (Phi) is 12.1. The molecule has 5 heteroatoms. The number of rotatable bonds is 9. The first-order valence-electron chi connectivity index (χ1n) is 8.14. The van der Waals surface area contributed by atoms with E-state index in [1.807, 2.05) is 0 Å². The molecule has 0 bridgehead atoms. The smallest absolute Gasteiger partial charge is 0.220 e. The third-order valence-electron chi connectivity index (χ3n) is 4.10. The van der Waals surface area contributed by atoms with Crippen LogP contribution in [0.5, 0.6) is 0 Å². The monoisotopic (exact) mass is 320 g/mol. The van der Waals surface area contributed by atoms with E-state index in [0.29, 0.717) is 37.3 Å². The molecular formula is C16H33ClN2O2. The van der Waals surface area contributed by atoms with E-state index in [9.17, 15) is 4.79 Å². The normalized spacial score (nSPS) is 17.3. The molecule has 2 N–H and O–H groups in total. The molecule has 0 aromatic rings. The minimum absolute atomic E-state index is 0. The summed E-state index contributed by atoms with van der Waals surface area (Å²) in [6, 6.07) is 0. The quantitative estimate of drug-likeness (QED) is 0.642. The molecule has 1 aliphatic rings. The van der Waals surface area contributed by atoms with Crippen LogP contribution in [0.4, 0.5) is 0 Å². The van der Waals surface area contributed by atoms with Crippen molar-refractivity contribution < 1.29 is 9.53 Å². The predicted octanol–water partition coefficient (Wildman–Crippen LogP) is 2.61. The van der Waals surface area contributed by atoms with Gasteiger partial charge in [-0.3, -0.25) is 4.79 Å². The van der Waals surface area contributed by atoms with Crippen molar-refractivity contribution in [1.29, 1.82) is 0 Å². The van der Waals surface area contributed by atoms with E-state index in [1.165, 1.54) is 12.8 Å². The third-order valence-corrected chi connectivity index (χ3v) is 4.10. The van der Waals surface area contributed by atoms with E-state index >= 15 is 0 Å². The molecule has 0 spiro atoms. The summed E-state index contributed by atoms with van der Waals surface area (Å²) < 4.78 is 5.49. The van der Waals surface area contributed by atoms with Gasteiger partial charge in [0.2, 0.25) is 5.91 Å². The maximum atomic E-state index is 11.9. The Morgan fingerprint density at radius 2 is 1.90 bits per heavy atom. The first-order valence-corrected chi connectivity index (χ1v) is 8.14. The summed E-state index contributed by atoms with van der Waals surface area (Å²) in [4.78, 5) is 11.9. The van der Waals surface area contributed by atoms with E-state index in [0.717, 1.165) is 26.1 Å². The highest BCUT2D eigenvalue weighted by atomic mass is 35.5. The van der Waals surface area contributed by atoms with Crippen LogP contribution in [-0.2, 0) is 9.53 Å². The molecule has 1 heterocycles. The van der Waals surface area contributed by atoms with E-state index < -0.39 is 0 Å². The van der Waals surface area contributed by atoms with Crippen LogP contribution < -0.4 is 10.6 Å². The van der Waals surface area contributed by atoms with Gasteiger partial charge in [0, 0.05) is 19.6 Å². The summed E-state index contributed by atoms with van der Waals surface area (Å²) in [7, 11) is 0. The number of carbonyl (C=O) groups excluding carboxylic acids is 1. The van der Waals surface area contributed by atoms with Gasteiger partial charge in [-0.05, 0) is 50.1 Å². The number of hydrogen-bond donors (Lipinski definition) is 2. The molecule has 1 saturated heterocycles. The fourth-order valence-corrected chi connectivity index (χ4v) is 2.63. The maximum absolute atomic E-state index is 11.9. The summed E-state index contributed by atoms with van der Waals surface area (Å²) >= 11 is 0. The minimum atomic E-state index is 0. The molecular weight excluding hydrogens is 288 g/mol. The lowest BCUT2D eigenvalue weighted by Gasteiger charge is -2.27. The molecule has 21 heavy (non-hydrogen) atoms. The van der Waals surface area contributed by atoms with Gasteiger partial charge in [0.05, 0.1) is 6.61 Å². The molecule has 126 valence electrons. The molecule has 0 radical (unpaired) electrons. The number of carbonyl (C=O) groups is 1. The maximum Gasteiger partial charge on any atom is 0.220 e. The zero-order valence-corrected chi connectivity index (χ0v) is 14.6. The summed E-state index contributed by atoms with van der Waals surface area (Å²) in [6.07, 6.45) is 4.14. The van der Waals surface area contributed by atoms with Crippen LogP contribution in [0, 0.1) is 17.8 Å². The van der Waals surface area contributed by atoms with Crippen molar-refractivity contribution in [3.05, 3.63) is 0 Å². The first kappa shape index (κ1) is 20.7. The second-order valence-corrected chi connectivity index (χ2v) is 6.41. The van der Waals surface area contributed by atoms with Crippen molar-refractivity contribution in [1.82, 2.24) is 10.6 Å². The van der Waals surface area contributed by atoms with Crippen LogP contribution >= 0.6 is 12.4 Å². The van der Waals surface area contributed by atoms with E-state index in [1.54, 1.807) is 0 Å². The first-order chi connectivity index (χ1) is 9.59. The Bertz CT molecular complexity index is 269. The number of ether oxygens (including phenoxy) is 1. The fraction of sp³-hybridized carbons (Fsp3) is 0.938. The Morgan fingerprint density at radius 1 is 1.24 bits per heavy atom. The summed E-state index contributed by atoms with van der Waals surface area (Å²) in [6.45, 7) is 10.8. The molecule has 1 fully saturated rings. The predicted molar refractivity (Wildman–Crippen MR) is 89.9 cm³/mol. The van der Waals surface area contributed by atoms with E-state index in [4.69, 9.17) is 4.74 Å². The van der Waals surface area contributed by atoms with Crippen molar-refractivity contribution in [2.45, 2.75) is 46.5 Å². The Hall–Kier alpha value is -0.320. The SMILES string of the molecule is CC(C)CCOCCNC(=O)CC(C)C1CCNCC1.Cl. The van der Waals surface area contributed by atoms with Gasteiger partial charge in [0.25, 0.3) is 0 Å². The number of piperidine rings is 1. The lowest BCUT2D eigenvalue weighted by Crippen LogP contribution is -2.34. The highest BCUT2D eigenvalue weighted by Crippen LogP contribution is 2.23.